The maximum atomic E-state index is 10.6. The Bertz CT molecular complexity index is 162. The van der Waals surface area contributed by atoms with Crippen LogP contribution >= 0.6 is 24.4 Å². The van der Waals surface area contributed by atoms with Gasteiger partial charge in [0.1, 0.15) is 0 Å². The summed E-state index contributed by atoms with van der Waals surface area (Å²) in [7, 11) is 0. The highest BCUT2D eigenvalue weighted by Crippen LogP contribution is 2.04. The molecule has 0 heterocycles. The van der Waals surface area contributed by atoms with Gasteiger partial charge < -0.3 is 4.84 Å². The molecule has 0 N–H and O–H groups in total. The third kappa shape index (κ3) is 4.15. The molecule has 11 heavy (non-hydrogen) atoms. The van der Waals surface area contributed by atoms with Gasteiger partial charge in [0.15, 0.2) is 0 Å². The normalized spacial score (nSPS) is 9.00. The van der Waals surface area contributed by atoms with Gasteiger partial charge in [-0.3, -0.25) is 4.79 Å². The molecule has 0 aliphatic carbocycles. The second-order valence-corrected chi connectivity index (χ2v) is 2.65. The van der Waals surface area contributed by atoms with Gasteiger partial charge >= 0.3 is 10.5 Å². The first-order chi connectivity index (χ1) is 5.11. The van der Waals surface area contributed by atoms with E-state index in [2.05, 4.69) is 17.5 Å². The first-order valence-corrected chi connectivity index (χ1v) is 4.55. The molecule has 0 aromatic heterocycles. The van der Waals surface area contributed by atoms with E-state index in [0.29, 0.717) is 6.54 Å². The smallest absolute Gasteiger partial charge is 0.326 e. The molecular formula is C5H9NO3S2. The van der Waals surface area contributed by atoms with E-state index < -0.39 is 10.5 Å². The number of rotatable bonds is 1. The fraction of sp³-hybridized carbons (Fsp3) is 0.600. The van der Waals surface area contributed by atoms with Crippen molar-refractivity contribution in [2.45, 2.75) is 6.92 Å². The maximum Gasteiger partial charge on any atom is 0.391 e. The zero-order valence-corrected chi connectivity index (χ0v) is 7.95. The molecule has 4 nitrogen and oxygen atoms in total. The van der Waals surface area contributed by atoms with Gasteiger partial charge in [-0.1, -0.05) is 12.6 Å². The molecule has 0 radical (unpaired) electrons. The summed E-state index contributed by atoms with van der Waals surface area (Å²) in [6, 6.07) is 0. The number of carbonyl (C=O) groups is 2. The second-order valence-electron chi connectivity index (χ2n) is 1.52. The van der Waals surface area contributed by atoms with E-state index in [1.807, 2.05) is 0 Å². The molecule has 0 aromatic rings. The molecule has 64 valence electrons. The number of hydroxylamine groups is 2. The average Bonchev–Trinajstić information content (AvgIpc) is 1.99. The minimum Gasteiger partial charge on any atom is -0.326 e. The molecule has 0 atom stereocenters. The van der Waals surface area contributed by atoms with E-state index in [4.69, 9.17) is 0 Å². The molecule has 0 spiro atoms. The highest BCUT2D eigenvalue weighted by molar-refractivity contribution is 8.12. The summed E-state index contributed by atoms with van der Waals surface area (Å²) in [4.78, 5) is 25.7. The van der Waals surface area contributed by atoms with Crippen molar-refractivity contribution in [1.29, 1.82) is 0 Å². The molecule has 0 aliphatic heterocycles. The van der Waals surface area contributed by atoms with Crippen LogP contribution in [0.2, 0.25) is 0 Å². The standard InChI is InChI=1S/C5H9NO3S2/c1-3-6(4(7)10)9-5(8)11-2/h3H2,1-2H3,(H,7,10). The van der Waals surface area contributed by atoms with Crippen molar-refractivity contribution in [3.63, 3.8) is 0 Å². The summed E-state index contributed by atoms with van der Waals surface area (Å²) in [5, 5.41) is -0.216. The lowest BCUT2D eigenvalue weighted by Crippen LogP contribution is -2.27. The van der Waals surface area contributed by atoms with Gasteiger partial charge in [-0.2, -0.15) is 5.06 Å². The minimum atomic E-state index is -0.574. The second kappa shape index (κ2) is 5.31. The highest BCUT2D eigenvalue weighted by atomic mass is 32.2. The van der Waals surface area contributed by atoms with Crippen molar-refractivity contribution in [3.05, 3.63) is 0 Å². The van der Waals surface area contributed by atoms with E-state index in [-0.39, 0.29) is 0 Å². The van der Waals surface area contributed by atoms with Gasteiger partial charge in [0.25, 0.3) is 0 Å². The molecule has 0 aliphatic rings. The molecule has 6 heteroatoms. The van der Waals surface area contributed by atoms with Crippen LogP contribution in [0.3, 0.4) is 0 Å². The Morgan fingerprint density at radius 1 is 1.64 bits per heavy atom. The minimum absolute atomic E-state index is 0.300. The Morgan fingerprint density at radius 3 is 2.45 bits per heavy atom. The fourth-order valence-electron chi connectivity index (χ4n) is 0.366. The number of thioether (sulfide) groups is 1. The van der Waals surface area contributed by atoms with Crippen molar-refractivity contribution in [3.8, 4) is 0 Å². The van der Waals surface area contributed by atoms with Gasteiger partial charge in [-0.05, 0) is 24.9 Å². The Kier molecular flexibility index (Phi) is 5.14. The molecule has 1 amide bonds. The molecule has 0 rings (SSSR count). The maximum absolute atomic E-state index is 10.6. The van der Waals surface area contributed by atoms with E-state index in [0.717, 1.165) is 16.8 Å². The summed E-state index contributed by atoms with van der Waals surface area (Å²) in [6.07, 6.45) is 1.57. The van der Waals surface area contributed by atoms with Gasteiger partial charge in [0.05, 0.1) is 6.54 Å². The summed E-state index contributed by atoms with van der Waals surface area (Å²) in [5.41, 5.74) is 0. The SMILES string of the molecule is CCN(OC(=O)SC)C(=O)S. The molecule has 0 saturated carbocycles. The Labute approximate surface area is 74.6 Å². The highest BCUT2D eigenvalue weighted by Gasteiger charge is 2.11. The molecule has 0 unspecified atom stereocenters. The van der Waals surface area contributed by atoms with E-state index in [1.165, 1.54) is 0 Å². The first kappa shape index (κ1) is 10.6. The number of nitrogens with zero attached hydrogens (tertiary/aromatic N) is 1. The van der Waals surface area contributed by atoms with Crippen molar-refractivity contribution >= 4 is 34.9 Å². The third-order valence-corrected chi connectivity index (χ3v) is 1.48. The van der Waals surface area contributed by atoms with Crippen LogP contribution in [0.1, 0.15) is 6.92 Å². The van der Waals surface area contributed by atoms with Gasteiger partial charge in [-0.25, -0.2) is 4.79 Å². The number of amides is 1. The average molecular weight is 195 g/mol. The Morgan fingerprint density at radius 2 is 2.18 bits per heavy atom. The fourth-order valence-corrected chi connectivity index (χ4v) is 0.713. The lowest BCUT2D eigenvalue weighted by molar-refractivity contribution is -0.0300. The van der Waals surface area contributed by atoms with Gasteiger partial charge in [0.2, 0.25) is 0 Å². The monoisotopic (exact) mass is 195 g/mol. The first-order valence-electron chi connectivity index (χ1n) is 2.88. The molecule has 0 bridgehead atoms. The zero-order valence-electron chi connectivity index (χ0n) is 6.23. The van der Waals surface area contributed by atoms with Crippen molar-refractivity contribution in [2.75, 3.05) is 12.8 Å². The Balaban J connectivity index is 3.88. The number of hydrogen-bond donors (Lipinski definition) is 1. The van der Waals surface area contributed by atoms with Crippen LogP contribution in [-0.4, -0.2) is 28.4 Å². The van der Waals surface area contributed by atoms with Crippen LogP contribution in [0.5, 0.6) is 0 Å². The predicted molar refractivity (Wildman–Crippen MR) is 46.8 cm³/mol. The lowest BCUT2D eigenvalue weighted by atomic mass is 10.8. The van der Waals surface area contributed by atoms with Gasteiger partial charge in [-0.15, -0.1) is 0 Å². The molecule has 0 fully saturated rings. The van der Waals surface area contributed by atoms with Crippen LogP contribution in [0.15, 0.2) is 0 Å². The number of hydrogen-bond acceptors (Lipinski definition) is 4. The van der Waals surface area contributed by atoms with E-state index in [1.54, 1.807) is 13.2 Å². The number of carbonyl (C=O) groups excluding carboxylic acids is 2. The van der Waals surface area contributed by atoms with Crippen LogP contribution in [0.25, 0.3) is 0 Å². The molecular weight excluding hydrogens is 186 g/mol. The summed E-state index contributed by atoms with van der Waals surface area (Å²) in [6.45, 7) is 1.98. The zero-order chi connectivity index (χ0) is 8.85. The third-order valence-electron chi connectivity index (χ3n) is 0.852. The van der Waals surface area contributed by atoms with Crippen molar-refractivity contribution in [1.82, 2.24) is 5.06 Å². The molecule has 0 aromatic carbocycles. The van der Waals surface area contributed by atoms with Gasteiger partial charge in [0, 0.05) is 0 Å². The van der Waals surface area contributed by atoms with E-state index in [9.17, 15) is 9.59 Å². The summed E-state index contributed by atoms with van der Waals surface area (Å²) < 4.78 is 0. The lowest BCUT2D eigenvalue weighted by Gasteiger charge is -2.15. The summed E-state index contributed by atoms with van der Waals surface area (Å²) >= 11 is 4.38. The van der Waals surface area contributed by atoms with Crippen molar-refractivity contribution < 1.29 is 14.4 Å². The van der Waals surface area contributed by atoms with Crippen LogP contribution in [0.4, 0.5) is 9.59 Å². The van der Waals surface area contributed by atoms with Crippen LogP contribution < -0.4 is 0 Å². The largest absolute Gasteiger partial charge is 0.391 e. The molecule has 0 saturated heterocycles. The van der Waals surface area contributed by atoms with Crippen molar-refractivity contribution in [2.24, 2.45) is 0 Å². The topological polar surface area (TPSA) is 46.6 Å². The number of thiol groups is 1. The van der Waals surface area contributed by atoms with Crippen LogP contribution in [-0.2, 0) is 4.84 Å². The van der Waals surface area contributed by atoms with Crippen LogP contribution in [0, 0.1) is 0 Å². The van der Waals surface area contributed by atoms with E-state index >= 15 is 0 Å². The Hall–Kier alpha value is -0.360. The summed E-state index contributed by atoms with van der Waals surface area (Å²) in [5.74, 6) is 0. The predicted octanol–water partition coefficient (Wildman–Crippen LogP) is 1.77. The quantitative estimate of drug-likeness (QED) is 0.511.